The first-order chi connectivity index (χ1) is 12.6. The zero-order chi connectivity index (χ0) is 20.0. The molecule has 3 rings (SSSR count). The zero-order valence-corrected chi connectivity index (χ0v) is 17.5. The highest BCUT2D eigenvalue weighted by Gasteiger charge is 2.28. The fraction of sp³-hybridized carbons (Fsp3) is 0.316. The Kier molecular flexibility index (Phi) is 5.39. The topological polar surface area (TPSA) is 61.8 Å². The summed E-state index contributed by atoms with van der Waals surface area (Å²) in [5.74, 6) is 0.221. The molecule has 0 N–H and O–H groups in total. The highest BCUT2D eigenvalue weighted by atomic mass is 35.5. The number of aromatic nitrogens is 3. The van der Waals surface area contributed by atoms with E-state index in [4.69, 9.17) is 34.8 Å². The molecule has 2 aromatic heterocycles. The number of fused-ring (bicyclic) bond motifs is 1. The van der Waals surface area contributed by atoms with Crippen LogP contribution in [0.3, 0.4) is 0 Å². The van der Waals surface area contributed by atoms with E-state index in [9.17, 15) is 10.0 Å². The van der Waals surface area contributed by atoms with Crippen LogP contribution in [0.25, 0.3) is 16.7 Å². The number of para-hydroxylation sites is 1. The molecule has 0 bridgehead atoms. The second-order valence-corrected chi connectivity index (χ2v) is 8.05. The molecule has 0 atom stereocenters. The Morgan fingerprint density at radius 3 is 2.15 bits per heavy atom. The van der Waals surface area contributed by atoms with Crippen molar-refractivity contribution < 1.29 is 4.73 Å². The average molecular weight is 427 g/mol. The number of pyridine rings is 1. The predicted molar refractivity (Wildman–Crippen MR) is 110 cm³/mol. The molecule has 27 heavy (non-hydrogen) atoms. The molecule has 0 saturated carbocycles. The van der Waals surface area contributed by atoms with Gasteiger partial charge >= 0.3 is 11.3 Å². The van der Waals surface area contributed by atoms with Crippen LogP contribution in [0.1, 0.15) is 50.7 Å². The second kappa shape index (κ2) is 7.30. The van der Waals surface area contributed by atoms with Crippen LogP contribution in [0.5, 0.6) is 0 Å². The lowest BCUT2D eigenvalue weighted by Gasteiger charge is -2.19. The van der Waals surface area contributed by atoms with Crippen molar-refractivity contribution >= 4 is 45.8 Å². The smallest absolute Gasteiger partial charge is 0.441 e. The summed E-state index contributed by atoms with van der Waals surface area (Å²) >= 11 is 18.2. The summed E-state index contributed by atoms with van der Waals surface area (Å²) in [5, 5.41) is 12.8. The Labute approximate surface area is 171 Å². The average Bonchev–Trinajstić information content (AvgIpc) is 2.60. The van der Waals surface area contributed by atoms with E-state index < -0.39 is 5.69 Å². The Balaban J connectivity index is 2.62. The van der Waals surface area contributed by atoms with Gasteiger partial charge in [-0.15, -0.1) is 4.57 Å². The molecule has 0 saturated heterocycles. The van der Waals surface area contributed by atoms with Crippen molar-refractivity contribution in [2.75, 3.05) is 0 Å². The summed E-state index contributed by atoms with van der Waals surface area (Å²) in [6.45, 7) is 8.09. The van der Waals surface area contributed by atoms with Crippen molar-refractivity contribution in [1.82, 2.24) is 9.55 Å². The molecule has 0 unspecified atom stereocenters. The van der Waals surface area contributed by atoms with Crippen LogP contribution in [-0.4, -0.2) is 9.55 Å². The number of halogens is 3. The highest BCUT2D eigenvalue weighted by molar-refractivity contribution is 6.41. The lowest BCUT2D eigenvalue weighted by molar-refractivity contribution is -0.577. The summed E-state index contributed by atoms with van der Waals surface area (Å²) in [6.07, 6.45) is 0. The van der Waals surface area contributed by atoms with Crippen LogP contribution < -0.4 is 10.4 Å². The first kappa shape index (κ1) is 19.9. The third-order valence-corrected chi connectivity index (χ3v) is 5.50. The summed E-state index contributed by atoms with van der Waals surface area (Å²) < 4.78 is 1.72. The highest BCUT2D eigenvalue weighted by Crippen LogP contribution is 2.33. The Morgan fingerprint density at radius 2 is 1.63 bits per heavy atom. The molecule has 0 fully saturated rings. The maximum atomic E-state index is 12.9. The normalized spacial score (nSPS) is 11.7. The van der Waals surface area contributed by atoms with E-state index in [2.05, 4.69) is 4.98 Å². The molecule has 3 aromatic rings. The van der Waals surface area contributed by atoms with Crippen molar-refractivity contribution in [3.8, 4) is 5.69 Å². The van der Waals surface area contributed by atoms with Gasteiger partial charge in [0, 0.05) is 11.1 Å². The maximum absolute atomic E-state index is 12.9. The molecule has 142 valence electrons. The summed E-state index contributed by atoms with van der Waals surface area (Å²) in [4.78, 5) is 16.8. The molecule has 5 nitrogen and oxygen atoms in total. The molecular formula is C19H18Cl3N3O2. The number of benzene rings is 1. The first-order valence-corrected chi connectivity index (χ1v) is 9.61. The van der Waals surface area contributed by atoms with Gasteiger partial charge in [-0.3, -0.25) is 0 Å². The van der Waals surface area contributed by atoms with Crippen LogP contribution in [0.2, 0.25) is 15.3 Å². The molecule has 0 aliphatic heterocycles. The van der Waals surface area contributed by atoms with Gasteiger partial charge < -0.3 is 5.21 Å². The number of rotatable bonds is 3. The monoisotopic (exact) mass is 425 g/mol. The van der Waals surface area contributed by atoms with Gasteiger partial charge in [-0.25, -0.2) is 9.52 Å². The van der Waals surface area contributed by atoms with Gasteiger partial charge in [0.05, 0.1) is 0 Å². The Morgan fingerprint density at radius 1 is 1.07 bits per heavy atom. The van der Waals surface area contributed by atoms with Gasteiger partial charge in [0.15, 0.2) is 5.15 Å². The Bertz CT molecular complexity index is 1080. The summed E-state index contributed by atoms with van der Waals surface area (Å²) in [5.41, 5.74) is 1.82. The van der Waals surface area contributed by atoms with Crippen LogP contribution in [-0.2, 0) is 0 Å². The molecular weight excluding hydrogens is 409 g/mol. The van der Waals surface area contributed by atoms with Crippen molar-refractivity contribution in [3.05, 3.63) is 66.4 Å². The van der Waals surface area contributed by atoms with Gasteiger partial charge in [0.1, 0.15) is 16.1 Å². The summed E-state index contributed by atoms with van der Waals surface area (Å²) in [7, 11) is 0. The molecule has 0 radical (unpaired) electrons. The van der Waals surface area contributed by atoms with Gasteiger partial charge in [0.2, 0.25) is 5.15 Å². The standard InChI is InChI=1S/C19H18Cl3N3O2/c1-9(2)11-6-5-7-12(10(3)4)15(11)24-18-13(16(21)23-19(24)26)8-14(20)17(22)25(18)27/h5-10H,1-4H3. The molecule has 0 spiro atoms. The molecule has 2 heterocycles. The van der Waals surface area contributed by atoms with E-state index in [0.29, 0.717) is 10.4 Å². The van der Waals surface area contributed by atoms with E-state index in [0.717, 1.165) is 11.1 Å². The molecule has 1 aromatic carbocycles. The van der Waals surface area contributed by atoms with Gasteiger partial charge in [-0.1, -0.05) is 69.1 Å². The van der Waals surface area contributed by atoms with E-state index in [1.807, 2.05) is 45.9 Å². The van der Waals surface area contributed by atoms with E-state index in [1.54, 1.807) is 0 Å². The molecule has 0 aliphatic carbocycles. The fourth-order valence-electron chi connectivity index (χ4n) is 3.17. The van der Waals surface area contributed by atoms with Crippen LogP contribution >= 0.6 is 34.8 Å². The van der Waals surface area contributed by atoms with Crippen molar-refractivity contribution in [2.24, 2.45) is 0 Å². The first-order valence-electron chi connectivity index (χ1n) is 8.48. The van der Waals surface area contributed by atoms with Crippen LogP contribution in [0, 0.1) is 5.21 Å². The molecule has 0 amide bonds. The lowest BCUT2D eigenvalue weighted by Crippen LogP contribution is -2.37. The van der Waals surface area contributed by atoms with E-state index >= 15 is 0 Å². The number of nitrogens with zero attached hydrogens (tertiary/aromatic N) is 3. The van der Waals surface area contributed by atoms with Crippen molar-refractivity contribution in [3.63, 3.8) is 0 Å². The van der Waals surface area contributed by atoms with E-state index in [1.165, 1.54) is 10.6 Å². The second-order valence-electron chi connectivity index (χ2n) is 6.93. The van der Waals surface area contributed by atoms with E-state index in [-0.39, 0.29) is 38.2 Å². The fourth-order valence-corrected chi connectivity index (χ4v) is 3.70. The SMILES string of the molecule is CC(C)c1cccc(C(C)C)c1-n1c(=O)nc(Cl)c2cc(Cl)c(Cl)[n+]([O-])c21. The molecule has 0 aliphatic rings. The number of hydrogen-bond donors (Lipinski definition) is 0. The minimum Gasteiger partial charge on any atom is -0.709 e. The quantitative estimate of drug-likeness (QED) is 0.249. The van der Waals surface area contributed by atoms with Gasteiger partial charge in [-0.05, 0) is 29.5 Å². The van der Waals surface area contributed by atoms with Crippen molar-refractivity contribution in [1.29, 1.82) is 0 Å². The minimum atomic E-state index is -0.648. The van der Waals surface area contributed by atoms with Crippen molar-refractivity contribution in [2.45, 2.75) is 39.5 Å². The number of hydrogen-bond acceptors (Lipinski definition) is 3. The zero-order valence-electron chi connectivity index (χ0n) is 15.3. The third kappa shape index (κ3) is 3.28. The predicted octanol–water partition coefficient (Wildman–Crippen LogP) is 5.23. The van der Waals surface area contributed by atoms with Gasteiger partial charge in [0.25, 0.3) is 0 Å². The van der Waals surface area contributed by atoms with Crippen LogP contribution in [0.15, 0.2) is 29.1 Å². The van der Waals surface area contributed by atoms with Gasteiger partial charge in [-0.2, -0.15) is 4.98 Å². The largest absolute Gasteiger partial charge is 0.709 e. The maximum Gasteiger partial charge on any atom is 0.441 e. The lowest BCUT2D eigenvalue weighted by atomic mass is 9.92. The van der Waals surface area contributed by atoms with Crippen LogP contribution in [0.4, 0.5) is 0 Å². The minimum absolute atomic E-state index is 0.00407. The summed E-state index contributed by atoms with van der Waals surface area (Å²) in [6, 6.07) is 7.27. The molecule has 8 heteroatoms. The third-order valence-electron chi connectivity index (χ3n) is 4.46. The Hall–Kier alpha value is -1.82.